The van der Waals surface area contributed by atoms with Crippen LogP contribution < -0.4 is 10.4 Å². The monoisotopic (exact) mass is 412 g/mol. The summed E-state index contributed by atoms with van der Waals surface area (Å²) >= 11 is 0. The van der Waals surface area contributed by atoms with Gasteiger partial charge in [0.25, 0.3) is 0 Å². The highest BCUT2D eigenvalue weighted by atomic mass is 28.4. The molecule has 2 nitrogen and oxygen atoms in total. The molecule has 0 N–H and O–H groups in total. The molecule has 0 fully saturated rings. The van der Waals surface area contributed by atoms with Gasteiger partial charge in [-0.2, -0.15) is 0 Å². The van der Waals surface area contributed by atoms with Crippen molar-refractivity contribution in [2.24, 2.45) is 0 Å². The molecule has 28 heavy (non-hydrogen) atoms. The van der Waals surface area contributed by atoms with Crippen LogP contribution in [0.4, 0.5) is 0 Å². The van der Waals surface area contributed by atoms with E-state index in [1.54, 1.807) is 0 Å². The molecule has 0 aliphatic rings. The molecule has 0 heterocycles. The summed E-state index contributed by atoms with van der Waals surface area (Å²) in [5, 5.41) is 2.78. The largest absolute Gasteiger partial charge is 0.416 e. The minimum absolute atomic E-state index is 1.11. The fraction of sp³-hybridized carbons (Fsp3) is 0.417. The number of rotatable bonds is 10. The molecule has 4 heteroatoms. The Morgan fingerprint density at radius 1 is 0.571 bits per heavy atom. The summed E-state index contributed by atoms with van der Waals surface area (Å²) < 4.78 is 11.9. The second-order valence-electron chi connectivity index (χ2n) is 7.39. The maximum Gasteiger partial charge on any atom is 0.223 e. The van der Waals surface area contributed by atoms with Gasteiger partial charge in [0.1, 0.15) is 0 Å². The van der Waals surface area contributed by atoms with Gasteiger partial charge in [-0.05, 0) is 45.7 Å². The van der Waals surface area contributed by atoms with Crippen molar-refractivity contribution >= 4 is 39.2 Å². The minimum atomic E-state index is -1.77. The second-order valence-corrected chi connectivity index (χ2v) is 16.2. The number of hydrogen-bond acceptors (Lipinski definition) is 2. The minimum Gasteiger partial charge on any atom is -0.416 e. The van der Waals surface area contributed by atoms with E-state index in [1.165, 1.54) is 21.5 Å². The molecule has 0 saturated heterocycles. The first-order valence-electron chi connectivity index (χ1n) is 10.5. The van der Waals surface area contributed by atoms with Crippen molar-refractivity contribution in [1.82, 2.24) is 0 Å². The molecule has 2 rings (SSSR count). The zero-order valence-corrected chi connectivity index (χ0v) is 20.4. The van der Waals surface area contributed by atoms with E-state index in [0.717, 1.165) is 24.2 Å². The summed E-state index contributed by atoms with van der Waals surface area (Å²) in [7, 11) is 0.198. The van der Waals surface area contributed by atoms with Crippen LogP contribution in [0.2, 0.25) is 24.2 Å². The predicted octanol–water partition coefficient (Wildman–Crippen LogP) is 5.53. The van der Waals surface area contributed by atoms with Crippen molar-refractivity contribution in [1.29, 1.82) is 0 Å². The maximum absolute atomic E-state index is 5.97. The topological polar surface area (TPSA) is 18.5 Å². The van der Waals surface area contributed by atoms with E-state index in [1.807, 2.05) is 14.2 Å². The van der Waals surface area contributed by atoms with Crippen LogP contribution in [-0.2, 0) is 8.85 Å². The van der Waals surface area contributed by atoms with E-state index in [-0.39, 0.29) is 0 Å². The van der Waals surface area contributed by atoms with Crippen LogP contribution in [0.5, 0.6) is 0 Å². The van der Waals surface area contributed by atoms with Crippen LogP contribution in [0.1, 0.15) is 38.8 Å². The third kappa shape index (κ3) is 4.74. The van der Waals surface area contributed by atoms with Crippen LogP contribution in [0.15, 0.2) is 48.5 Å². The first-order valence-corrected chi connectivity index (χ1v) is 15.2. The third-order valence-corrected chi connectivity index (χ3v) is 15.3. The molecule has 2 aromatic rings. The average Bonchev–Trinajstić information content (AvgIpc) is 2.77. The van der Waals surface area contributed by atoms with Gasteiger partial charge in [0.2, 0.25) is 16.6 Å². The lowest BCUT2D eigenvalue weighted by Gasteiger charge is -2.27. The summed E-state index contributed by atoms with van der Waals surface area (Å²) in [5.74, 6) is 0. The Morgan fingerprint density at radius 2 is 0.857 bits per heavy atom. The highest BCUT2D eigenvalue weighted by Gasteiger charge is 2.32. The smallest absolute Gasteiger partial charge is 0.223 e. The number of benzene rings is 2. The lowest BCUT2D eigenvalue weighted by molar-refractivity contribution is 0.405. The molecule has 0 saturated carbocycles. The summed E-state index contributed by atoms with van der Waals surface area (Å²) in [6.07, 6.45) is 4.38. The van der Waals surface area contributed by atoms with Crippen molar-refractivity contribution in [3.8, 4) is 0 Å². The van der Waals surface area contributed by atoms with Crippen LogP contribution in [0.25, 0.3) is 12.2 Å². The van der Waals surface area contributed by atoms with Gasteiger partial charge in [0, 0.05) is 14.2 Å². The molecule has 0 spiro atoms. The molecule has 0 bridgehead atoms. The van der Waals surface area contributed by atoms with Crippen LogP contribution in [0.3, 0.4) is 0 Å². The number of hydrogen-bond donors (Lipinski definition) is 0. The van der Waals surface area contributed by atoms with E-state index in [2.05, 4.69) is 88.4 Å². The molecule has 152 valence electrons. The summed E-state index contributed by atoms with van der Waals surface area (Å²) in [6, 6.07) is 22.3. The van der Waals surface area contributed by atoms with Crippen LogP contribution in [0, 0.1) is 0 Å². The molecule has 2 aromatic carbocycles. The van der Waals surface area contributed by atoms with Crippen molar-refractivity contribution in [2.45, 2.75) is 51.9 Å². The summed E-state index contributed by atoms with van der Waals surface area (Å²) in [6.45, 7) is 8.98. The van der Waals surface area contributed by atoms with E-state index in [9.17, 15) is 0 Å². The molecular weight excluding hydrogens is 376 g/mol. The van der Waals surface area contributed by atoms with Crippen molar-refractivity contribution in [3.05, 3.63) is 59.7 Å². The highest BCUT2D eigenvalue weighted by Crippen LogP contribution is 2.18. The van der Waals surface area contributed by atoms with Gasteiger partial charge in [-0.15, -0.1) is 0 Å². The van der Waals surface area contributed by atoms with E-state index in [0.29, 0.717) is 0 Å². The summed E-state index contributed by atoms with van der Waals surface area (Å²) in [5.41, 5.74) is 2.45. The molecule has 0 unspecified atom stereocenters. The Hall–Kier alpha value is -1.47. The van der Waals surface area contributed by atoms with Crippen LogP contribution >= 0.6 is 0 Å². The van der Waals surface area contributed by atoms with Gasteiger partial charge in [0.15, 0.2) is 0 Å². The normalized spacial score (nSPS) is 12.6. The molecule has 0 aliphatic carbocycles. The van der Waals surface area contributed by atoms with Gasteiger partial charge >= 0.3 is 0 Å². The first kappa shape index (κ1) is 22.8. The fourth-order valence-electron chi connectivity index (χ4n) is 4.12. The molecule has 0 aliphatic heterocycles. The molecule has 0 aromatic heterocycles. The molecule has 0 radical (unpaired) electrons. The Labute approximate surface area is 173 Å². The Balaban J connectivity index is 2.16. The SMILES string of the molecule is CC[Si](CC)(OC)c1ccc(C=Cc2ccc([Si](CC)(CC)OC)cc2)cc1. The van der Waals surface area contributed by atoms with Crippen molar-refractivity contribution in [2.75, 3.05) is 14.2 Å². The molecule has 0 atom stereocenters. The van der Waals surface area contributed by atoms with Crippen molar-refractivity contribution < 1.29 is 8.85 Å². The average molecular weight is 413 g/mol. The molecular formula is C24H36O2Si2. The Morgan fingerprint density at radius 3 is 1.07 bits per heavy atom. The van der Waals surface area contributed by atoms with Crippen molar-refractivity contribution in [3.63, 3.8) is 0 Å². The highest BCUT2D eigenvalue weighted by molar-refractivity contribution is 6.86. The van der Waals surface area contributed by atoms with Gasteiger partial charge in [0.05, 0.1) is 0 Å². The van der Waals surface area contributed by atoms with E-state index >= 15 is 0 Å². The molecule has 0 amide bonds. The lowest BCUT2D eigenvalue weighted by Crippen LogP contribution is -2.48. The predicted molar refractivity (Wildman–Crippen MR) is 129 cm³/mol. The Kier molecular flexibility index (Phi) is 8.44. The third-order valence-electron chi connectivity index (χ3n) is 6.41. The van der Waals surface area contributed by atoms with Gasteiger partial charge in [-0.3, -0.25) is 0 Å². The standard InChI is InChI=1S/C24H36O2Si2/c1-7-27(8-2,25-5)23-17-13-21(14-18-23)11-12-22-15-19-24(20-16-22)28(9-3,10-4)26-6/h11-20H,7-10H2,1-6H3. The fourth-order valence-corrected chi connectivity index (χ4v) is 9.93. The van der Waals surface area contributed by atoms with Gasteiger partial charge in [-0.1, -0.05) is 88.4 Å². The maximum atomic E-state index is 5.97. The van der Waals surface area contributed by atoms with Crippen LogP contribution in [-0.4, -0.2) is 30.9 Å². The van der Waals surface area contributed by atoms with Gasteiger partial charge in [-0.25, -0.2) is 0 Å². The lowest BCUT2D eigenvalue weighted by atomic mass is 10.1. The quantitative estimate of drug-likeness (QED) is 0.377. The van der Waals surface area contributed by atoms with Gasteiger partial charge < -0.3 is 8.85 Å². The Bertz CT molecular complexity index is 661. The summed E-state index contributed by atoms with van der Waals surface area (Å²) in [4.78, 5) is 0. The zero-order valence-electron chi connectivity index (χ0n) is 18.4. The van der Waals surface area contributed by atoms with E-state index in [4.69, 9.17) is 8.85 Å². The van der Waals surface area contributed by atoms with E-state index < -0.39 is 16.6 Å². The second kappa shape index (κ2) is 10.4. The first-order chi connectivity index (χ1) is 13.5. The zero-order chi connectivity index (χ0) is 20.6.